The maximum absolute atomic E-state index is 11.9. The van der Waals surface area contributed by atoms with Crippen molar-refractivity contribution in [3.05, 3.63) is 29.3 Å². The Labute approximate surface area is 169 Å². The monoisotopic (exact) mass is 406 g/mol. The van der Waals surface area contributed by atoms with E-state index < -0.39 is 0 Å². The summed E-state index contributed by atoms with van der Waals surface area (Å²) in [6, 6.07) is 8.27. The summed E-state index contributed by atoms with van der Waals surface area (Å²) in [6.45, 7) is 4.79. The minimum absolute atomic E-state index is 0.0532. The first kappa shape index (κ1) is 20.0. The smallest absolute Gasteiger partial charge is 0.264 e. The predicted molar refractivity (Wildman–Crippen MR) is 112 cm³/mol. The van der Waals surface area contributed by atoms with Crippen LogP contribution in [-0.2, 0) is 16.1 Å². The summed E-state index contributed by atoms with van der Waals surface area (Å²) in [7, 11) is 0. The molecular weight excluding hydrogens is 380 g/mol. The number of rotatable bonds is 5. The van der Waals surface area contributed by atoms with Gasteiger partial charge in [0, 0.05) is 6.04 Å². The normalized spacial score (nSPS) is 22.4. The number of hydrogen-bond acceptors (Lipinski definition) is 5. The van der Waals surface area contributed by atoms with Crippen LogP contribution in [0.4, 0.5) is 0 Å². The lowest BCUT2D eigenvalue weighted by molar-refractivity contribution is -0.126. The van der Waals surface area contributed by atoms with Crippen molar-refractivity contribution < 1.29 is 9.53 Å². The highest BCUT2D eigenvalue weighted by molar-refractivity contribution is 7.80. The van der Waals surface area contributed by atoms with Crippen LogP contribution in [0.25, 0.3) is 10.2 Å². The fourth-order valence-electron chi connectivity index (χ4n) is 3.37. The Kier molecular flexibility index (Phi) is 6.98. The van der Waals surface area contributed by atoms with E-state index in [0.29, 0.717) is 29.6 Å². The molecule has 1 aromatic carbocycles. The molecule has 0 radical (unpaired) electrons. The van der Waals surface area contributed by atoms with Gasteiger partial charge in [0.05, 0.1) is 16.8 Å². The predicted octanol–water partition coefficient (Wildman–Crippen LogP) is 3.13. The topological polar surface area (TPSA) is 75.3 Å². The molecule has 0 aliphatic heterocycles. The Morgan fingerprint density at radius 3 is 2.93 bits per heavy atom. The van der Waals surface area contributed by atoms with Gasteiger partial charge in [-0.1, -0.05) is 38.8 Å². The Morgan fingerprint density at radius 2 is 2.11 bits per heavy atom. The number of nitrogens with zero attached hydrogens (tertiary/aromatic N) is 1. The highest BCUT2D eigenvalue weighted by Gasteiger charge is 2.27. The highest BCUT2D eigenvalue weighted by Crippen LogP contribution is 2.29. The van der Waals surface area contributed by atoms with Crippen molar-refractivity contribution in [3.63, 3.8) is 0 Å². The average Bonchev–Trinajstić information content (AvgIpc) is 3.06. The number of carbonyl (C=O) groups excluding carboxylic acids is 1. The molecule has 0 saturated heterocycles. The largest absolute Gasteiger partial charge is 0.364 e. The number of ether oxygens (including phenoxy) is 1. The number of nitrogens with one attached hydrogen (secondary N) is 3. The number of para-hydroxylation sites is 1. The van der Waals surface area contributed by atoms with Crippen molar-refractivity contribution in [2.24, 2.45) is 11.8 Å². The summed E-state index contributed by atoms with van der Waals surface area (Å²) in [5.41, 5.74) is 6.29. The summed E-state index contributed by atoms with van der Waals surface area (Å²) in [5, 5.41) is 4.61. The molecule has 3 atom stereocenters. The molecule has 1 fully saturated rings. The van der Waals surface area contributed by atoms with Crippen molar-refractivity contribution >= 4 is 44.8 Å². The first-order valence-electron chi connectivity index (χ1n) is 9.30. The van der Waals surface area contributed by atoms with E-state index in [1.54, 1.807) is 11.3 Å². The van der Waals surface area contributed by atoms with Gasteiger partial charge in [0.2, 0.25) is 0 Å². The third-order valence-corrected chi connectivity index (χ3v) is 6.37. The number of amides is 1. The summed E-state index contributed by atoms with van der Waals surface area (Å²) in [4.78, 5) is 16.4. The molecule has 1 aliphatic rings. The molecule has 0 bridgehead atoms. The Morgan fingerprint density at radius 1 is 1.30 bits per heavy atom. The first-order chi connectivity index (χ1) is 13.0. The second-order valence-electron chi connectivity index (χ2n) is 7.09. The van der Waals surface area contributed by atoms with Crippen LogP contribution in [0.5, 0.6) is 0 Å². The van der Waals surface area contributed by atoms with Crippen molar-refractivity contribution in [3.8, 4) is 0 Å². The van der Waals surface area contributed by atoms with Crippen LogP contribution in [0.3, 0.4) is 0 Å². The number of hydrogen-bond donors (Lipinski definition) is 3. The van der Waals surface area contributed by atoms with Gasteiger partial charge in [0.25, 0.3) is 5.91 Å². The van der Waals surface area contributed by atoms with Crippen molar-refractivity contribution in [2.45, 2.75) is 45.8 Å². The number of aromatic nitrogens is 1. The summed E-state index contributed by atoms with van der Waals surface area (Å²) < 4.78 is 6.57. The van der Waals surface area contributed by atoms with Gasteiger partial charge in [0.1, 0.15) is 11.6 Å². The van der Waals surface area contributed by atoms with Crippen molar-refractivity contribution in [1.29, 1.82) is 0 Å². The van der Waals surface area contributed by atoms with Crippen LogP contribution in [0.1, 0.15) is 38.1 Å². The van der Waals surface area contributed by atoms with Crippen LogP contribution in [-0.4, -0.2) is 28.7 Å². The van der Waals surface area contributed by atoms with Crippen LogP contribution in [0.15, 0.2) is 24.3 Å². The highest BCUT2D eigenvalue weighted by atomic mass is 32.1. The van der Waals surface area contributed by atoms with E-state index in [2.05, 4.69) is 35.0 Å². The van der Waals surface area contributed by atoms with E-state index in [1.165, 1.54) is 12.8 Å². The maximum Gasteiger partial charge on any atom is 0.264 e. The van der Waals surface area contributed by atoms with Gasteiger partial charge in [-0.3, -0.25) is 15.6 Å². The van der Waals surface area contributed by atoms with Crippen LogP contribution >= 0.6 is 23.6 Å². The van der Waals surface area contributed by atoms with Crippen molar-refractivity contribution in [1.82, 2.24) is 21.2 Å². The quantitative estimate of drug-likeness (QED) is 0.523. The van der Waals surface area contributed by atoms with E-state index in [-0.39, 0.29) is 12.5 Å². The maximum atomic E-state index is 11.9. The third-order valence-electron chi connectivity index (χ3n) is 5.14. The second kappa shape index (κ2) is 9.43. The minimum Gasteiger partial charge on any atom is -0.364 e. The SMILES string of the molecule is C[C@H]1[C@@H](NC(=S)NNC(=O)COCc2nc3ccccc3s2)CCC[C@@H]1C. The summed E-state index contributed by atoms with van der Waals surface area (Å²) in [6.07, 6.45) is 3.58. The average molecular weight is 407 g/mol. The first-order valence-corrected chi connectivity index (χ1v) is 10.5. The van der Waals surface area contributed by atoms with Gasteiger partial charge in [-0.2, -0.15) is 0 Å². The van der Waals surface area contributed by atoms with Gasteiger partial charge >= 0.3 is 0 Å². The molecule has 0 spiro atoms. The second-order valence-corrected chi connectivity index (χ2v) is 8.61. The molecule has 8 heteroatoms. The molecule has 1 heterocycles. The molecule has 1 aromatic heterocycles. The van der Waals surface area contributed by atoms with Gasteiger partial charge in [-0.05, 0) is 42.6 Å². The lowest BCUT2D eigenvalue weighted by Crippen LogP contribution is -2.53. The molecule has 1 saturated carbocycles. The fourth-order valence-corrected chi connectivity index (χ4v) is 4.47. The Hall–Kier alpha value is -1.77. The number of hydrazine groups is 1. The lowest BCUT2D eigenvalue weighted by atomic mass is 9.78. The van der Waals surface area contributed by atoms with Gasteiger partial charge < -0.3 is 10.1 Å². The van der Waals surface area contributed by atoms with E-state index in [4.69, 9.17) is 17.0 Å². The number of thiazole rings is 1. The van der Waals surface area contributed by atoms with E-state index in [9.17, 15) is 4.79 Å². The zero-order valence-corrected chi connectivity index (χ0v) is 17.3. The summed E-state index contributed by atoms with van der Waals surface area (Å²) >= 11 is 6.86. The molecule has 6 nitrogen and oxygen atoms in total. The number of carbonyl (C=O) groups is 1. The third kappa shape index (κ3) is 5.60. The minimum atomic E-state index is -0.273. The zero-order valence-electron chi connectivity index (χ0n) is 15.7. The standard InChI is InChI=1S/C19H26N4O2S2/c1-12-6-5-8-14(13(12)2)21-19(26)23-22-17(24)10-25-11-18-20-15-7-3-4-9-16(15)27-18/h3-4,7,9,12-14H,5-6,8,10-11H2,1-2H3,(H,22,24)(H2,21,23,26)/t12-,13+,14-/m0/s1. The van der Waals surface area contributed by atoms with Crippen molar-refractivity contribution in [2.75, 3.05) is 6.61 Å². The van der Waals surface area contributed by atoms with Gasteiger partial charge in [0.15, 0.2) is 5.11 Å². The van der Waals surface area contributed by atoms with Gasteiger partial charge in [-0.15, -0.1) is 11.3 Å². The van der Waals surface area contributed by atoms with Crippen LogP contribution in [0, 0.1) is 11.8 Å². The van der Waals surface area contributed by atoms with E-state index in [1.807, 2.05) is 24.3 Å². The summed E-state index contributed by atoms with van der Waals surface area (Å²) in [5.74, 6) is 0.973. The molecule has 27 heavy (non-hydrogen) atoms. The Bertz CT molecular complexity index is 762. The molecule has 1 amide bonds. The molecule has 0 unspecified atom stereocenters. The van der Waals surface area contributed by atoms with E-state index in [0.717, 1.165) is 21.6 Å². The van der Waals surface area contributed by atoms with E-state index >= 15 is 0 Å². The molecule has 3 rings (SSSR count). The number of thiocarbonyl (C=S) groups is 1. The molecule has 1 aliphatic carbocycles. The molecular formula is C19H26N4O2S2. The zero-order chi connectivity index (χ0) is 19.2. The molecule has 2 aromatic rings. The van der Waals surface area contributed by atoms with Gasteiger partial charge in [-0.25, -0.2) is 4.98 Å². The molecule has 146 valence electrons. The number of benzene rings is 1. The fraction of sp³-hybridized carbons (Fsp3) is 0.526. The lowest BCUT2D eigenvalue weighted by Gasteiger charge is -2.35. The Balaban J connectivity index is 1.35. The van der Waals surface area contributed by atoms with Crippen LogP contribution < -0.4 is 16.2 Å². The number of fused-ring (bicyclic) bond motifs is 1. The van der Waals surface area contributed by atoms with Crippen LogP contribution in [0.2, 0.25) is 0 Å². The molecule has 3 N–H and O–H groups in total.